The van der Waals surface area contributed by atoms with E-state index in [1.807, 2.05) is 32.0 Å². The summed E-state index contributed by atoms with van der Waals surface area (Å²) in [5.74, 6) is 0.485. The van der Waals surface area contributed by atoms with Crippen molar-refractivity contribution in [3.8, 4) is 5.75 Å². The van der Waals surface area contributed by atoms with E-state index in [-0.39, 0.29) is 6.42 Å². The van der Waals surface area contributed by atoms with Gasteiger partial charge in [0, 0.05) is 11.0 Å². The number of aliphatic carboxylic acids is 1. The molecular weight excluding hydrogens is 276 g/mol. The third kappa shape index (κ3) is 3.08. The Hall–Kier alpha value is -2.03. The van der Waals surface area contributed by atoms with Crippen molar-refractivity contribution >= 4 is 16.7 Å². The van der Waals surface area contributed by atoms with Crippen LogP contribution in [0.15, 0.2) is 30.3 Å². The number of ether oxygens (including phenoxy) is 1. The first kappa shape index (κ1) is 16.3. The Balaban J connectivity index is 2.60. The summed E-state index contributed by atoms with van der Waals surface area (Å²) in [5.41, 5.74) is 1.85. The van der Waals surface area contributed by atoms with Gasteiger partial charge in [0.15, 0.2) is 0 Å². The number of hydrogen-bond acceptors (Lipinski definition) is 2. The van der Waals surface area contributed by atoms with Crippen molar-refractivity contribution < 1.29 is 14.6 Å². The Morgan fingerprint density at radius 1 is 1.23 bits per heavy atom. The van der Waals surface area contributed by atoms with Crippen LogP contribution in [0.25, 0.3) is 10.8 Å². The Morgan fingerprint density at radius 3 is 2.45 bits per heavy atom. The number of carboxylic acids is 1. The summed E-state index contributed by atoms with van der Waals surface area (Å²) in [5, 5.41) is 11.4. The number of rotatable bonds is 5. The molecule has 0 heterocycles. The van der Waals surface area contributed by atoms with Crippen LogP contribution in [0.1, 0.15) is 51.2 Å². The molecule has 0 bridgehead atoms. The zero-order chi connectivity index (χ0) is 16.5. The molecule has 3 heteroatoms. The fourth-order valence-electron chi connectivity index (χ4n) is 3.01. The monoisotopic (exact) mass is 300 g/mol. The van der Waals surface area contributed by atoms with E-state index in [1.54, 1.807) is 7.11 Å². The molecule has 0 amide bonds. The summed E-state index contributed by atoms with van der Waals surface area (Å²) >= 11 is 0. The molecule has 0 saturated heterocycles. The molecule has 1 N–H and O–H groups in total. The first-order valence-corrected chi connectivity index (χ1v) is 7.59. The fraction of sp³-hybridized carbons (Fsp3) is 0.421. The van der Waals surface area contributed by atoms with Crippen molar-refractivity contribution in [1.29, 1.82) is 0 Å². The molecule has 118 valence electrons. The van der Waals surface area contributed by atoms with Gasteiger partial charge in [0.05, 0.1) is 13.5 Å². The standard InChI is InChI=1S/C19H24O3/c1-12(2)18-15-8-7-14(19(3,4)11-17(20)21)10-13(15)6-9-16(18)22-5/h6-10,12H,11H2,1-5H3,(H,20,21). The number of carbonyl (C=O) groups is 1. The highest BCUT2D eigenvalue weighted by Gasteiger charge is 2.24. The van der Waals surface area contributed by atoms with Crippen LogP contribution in [0, 0.1) is 0 Å². The topological polar surface area (TPSA) is 46.5 Å². The number of carboxylic acid groups (broad SMARTS) is 1. The SMILES string of the molecule is COc1ccc2cc(C(C)(C)CC(=O)O)ccc2c1C(C)C. The van der Waals surface area contributed by atoms with Gasteiger partial charge in [-0.25, -0.2) is 0 Å². The van der Waals surface area contributed by atoms with E-state index in [2.05, 4.69) is 26.0 Å². The van der Waals surface area contributed by atoms with Crippen LogP contribution in [-0.2, 0) is 10.2 Å². The van der Waals surface area contributed by atoms with Gasteiger partial charge in [-0.1, -0.05) is 52.0 Å². The fourth-order valence-corrected chi connectivity index (χ4v) is 3.01. The molecule has 0 unspecified atom stereocenters. The van der Waals surface area contributed by atoms with Crippen LogP contribution >= 0.6 is 0 Å². The van der Waals surface area contributed by atoms with Gasteiger partial charge in [-0.15, -0.1) is 0 Å². The molecule has 0 aliphatic rings. The van der Waals surface area contributed by atoms with Crippen LogP contribution in [0.4, 0.5) is 0 Å². The van der Waals surface area contributed by atoms with E-state index >= 15 is 0 Å². The Labute approximate surface area is 131 Å². The quantitative estimate of drug-likeness (QED) is 0.868. The van der Waals surface area contributed by atoms with Crippen molar-refractivity contribution in [2.24, 2.45) is 0 Å². The maximum Gasteiger partial charge on any atom is 0.304 e. The number of methoxy groups -OCH3 is 1. The first-order chi connectivity index (χ1) is 10.3. The van der Waals surface area contributed by atoms with Gasteiger partial charge >= 0.3 is 5.97 Å². The lowest BCUT2D eigenvalue weighted by atomic mass is 9.80. The van der Waals surface area contributed by atoms with Gasteiger partial charge < -0.3 is 9.84 Å². The van der Waals surface area contributed by atoms with E-state index in [0.29, 0.717) is 5.92 Å². The molecule has 0 saturated carbocycles. The predicted molar refractivity (Wildman–Crippen MR) is 89.9 cm³/mol. The van der Waals surface area contributed by atoms with Crippen LogP contribution in [-0.4, -0.2) is 18.2 Å². The maximum absolute atomic E-state index is 11.1. The minimum Gasteiger partial charge on any atom is -0.496 e. The number of fused-ring (bicyclic) bond motifs is 1. The van der Waals surface area contributed by atoms with Gasteiger partial charge in [-0.05, 0) is 28.3 Å². The maximum atomic E-state index is 11.1. The second-order valence-electron chi connectivity index (χ2n) is 6.73. The largest absolute Gasteiger partial charge is 0.496 e. The summed E-state index contributed by atoms with van der Waals surface area (Å²) in [4.78, 5) is 11.1. The molecule has 0 fully saturated rings. The molecule has 2 rings (SSSR count). The average Bonchev–Trinajstić information content (AvgIpc) is 2.43. The molecular formula is C19H24O3. The molecule has 0 aromatic heterocycles. The third-order valence-corrected chi connectivity index (χ3v) is 4.19. The summed E-state index contributed by atoms with van der Waals surface area (Å²) < 4.78 is 5.49. The summed E-state index contributed by atoms with van der Waals surface area (Å²) in [6.45, 7) is 8.24. The average molecular weight is 300 g/mol. The van der Waals surface area contributed by atoms with E-state index in [0.717, 1.165) is 16.7 Å². The van der Waals surface area contributed by atoms with Crippen molar-refractivity contribution in [2.75, 3.05) is 7.11 Å². The molecule has 0 aliphatic heterocycles. The molecule has 0 radical (unpaired) electrons. The van der Waals surface area contributed by atoms with Gasteiger partial charge in [-0.2, -0.15) is 0 Å². The number of benzene rings is 2. The summed E-state index contributed by atoms with van der Waals surface area (Å²) in [6.07, 6.45) is 0.117. The van der Waals surface area contributed by atoms with E-state index in [4.69, 9.17) is 9.84 Å². The van der Waals surface area contributed by atoms with Crippen LogP contribution in [0.2, 0.25) is 0 Å². The van der Waals surface area contributed by atoms with Crippen LogP contribution in [0.5, 0.6) is 5.75 Å². The molecule has 0 aliphatic carbocycles. The lowest BCUT2D eigenvalue weighted by Gasteiger charge is -2.24. The first-order valence-electron chi connectivity index (χ1n) is 7.59. The third-order valence-electron chi connectivity index (χ3n) is 4.19. The summed E-state index contributed by atoms with van der Waals surface area (Å²) in [6, 6.07) is 10.3. The zero-order valence-corrected chi connectivity index (χ0v) is 13.9. The minimum absolute atomic E-state index is 0.117. The van der Waals surface area contributed by atoms with Gasteiger partial charge in [0.25, 0.3) is 0 Å². The number of hydrogen-bond donors (Lipinski definition) is 1. The van der Waals surface area contributed by atoms with Crippen molar-refractivity contribution in [1.82, 2.24) is 0 Å². The second kappa shape index (κ2) is 5.99. The molecule has 22 heavy (non-hydrogen) atoms. The molecule has 3 nitrogen and oxygen atoms in total. The minimum atomic E-state index is -0.775. The highest BCUT2D eigenvalue weighted by atomic mass is 16.5. The lowest BCUT2D eigenvalue weighted by molar-refractivity contribution is -0.138. The smallest absolute Gasteiger partial charge is 0.304 e. The Morgan fingerprint density at radius 2 is 1.91 bits per heavy atom. The Bertz CT molecular complexity index is 699. The van der Waals surface area contributed by atoms with Crippen molar-refractivity contribution in [3.05, 3.63) is 41.5 Å². The molecule has 0 atom stereocenters. The normalized spacial score (nSPS) is 11.9. The van der Waals surface area contributed by atoms with E-state index in [9.17, 15) is 4.79 Å². The van der Waals surface area contributed by atoms with Crippen molar-refractivity contribution in [2.45, 2.75) is 45.4 Å². The summed E-state index contributed by atoms with van der Waals surface area (Å²) in [7, 11) is 1.69. The highest BCUT2D eigenvalue weighted by molar-refractivity contribution is 5.89. The van der Waals surface area contributed by atoms with Crippen LogP contribution < -0.4 is 4.74 Å². The van der Waals surface area contributed by atoms with Gasteiger partial charge in [-0.3, -0.25) is 4.79 Å². The van der Waals surface area contributed by atoms with Gasteiger partial charge in [0.1, 0.15) is 5.75 Å². The van der Waals surface area contributed by atoms with Crippen molar-refractivity contribution in [3.63, 3.8) is 0 Å². The lowest BCUT2D eigenvalue weighted by Crippen LogP contribution is -2.21. The zero-order valence-electron chi connectivity index (χ0n) is 13.9. The Kier molecular flexibility index (Phi) is 4.45. The van der Waals surface area contributed by atoms with Gasteiger partial charge in [0.2, 0.25) is 0 Å². The predicted octanol–water partition coefficient (Wildman–Crippen LogP) is 4.72. The van der Waals surface area contributed by atoms with E-state index < -0.39 is 11.4 Å². The highest BCUT2D eigenvalue weighted by Crippen LogP contribution is 2.36. The molecule has 2 aromatic rings. The second-order valence-corrected chi connectivity index (χ2v) is 6.73. The van der Waals surface area contributed by atoms with Crippen LogP contribution in [0.3, 0.4) is 0 Å². The van der Waals surface area contributed by atoms with E-state index in [1.165, 1.54) is 10.9 Å². The molecule has 0 spiro atoms. The molecule has 2 aromatic carbocycles.